The van der Waals surface area contributed by atoms with E-state index in [2.05, 4.69) is 20.4 Å². The fourth-order valence-electron chi connectivity index (χ4n) is 4.19. The maximum atomic E-state index is 4.28. The summed E-state index contributed by atoms with van der Waals surface area (Å²) in [5.41, 5.74) is 0. The molecule has 2 bridgehead atoms. The van der Waals surface area contributed by atoms with Gasteiger partial charge < -0.3 is 5.32 Å². The van der Waals surface area contributed by atoms with Gasteiger partial charge in [0.05, 0.1) is 6.54 Å². The molecular weight excluding hydrogens is 303 g/mol. The Bertz CT molecular complexity index is 423. The first-order valence-corrected chi connectivity index (χ1v) is 7.40. The van der Waals surface area contributed by atoms with Gasteiger partial charge in [-0.2, -0.15) is 0 Å². The van der Waals surface area contributed by atoms with E-state index in [-0.39, 0.29) is 24.8 Å². The lowest BCUT2D eigenvalue weighted by molar-refractivity contribution is 0.218. The number of rotatable bonds is 2. The molecule has 4 atom stereocenters. The molecule has 7 heteroatoms. The number of nitrogens with zero attached hydrogens (tertiary/aromatic N) is 3. The van der Waals surface area contributed by atoms with E-state index < -0.39 is 0 Å². The van der Waals surface area contributed by atoms with E-state index in [9.17, 15) is 0 Å². The number of hydrogen-bond acceptors (Lipinski definition) is 5. The fourth-order valence-corrected chi connectivity index (χ4v) is 4.91. The van der Waals surface area contributed by atoms with Crippen LogP contribution in [0.15, 0.2) is 0 Å². The largest absolute Gasteiger partial charge is 0.316 e. The van der Waals surface area contributed by atoms with Crippen LogP contribution in [0.2, 0.25) is 0 Å². The first-order valence-electron chi connectivity index (χ1n) is 6.58. The van der Waals surface area contributed by atoms with Crippen molar-refractivity contribution in [1.29, 1.82) is 0 Å². The van der Waals surface area contributed by atoms with Gasteiger partial charge in [0.25, 0.3) is 0 Å². The lowest BCUT2D eigenvalue weighted by atomic mass is 9.82. The third kappa shape index (κ3) is 2.40. The average molecular weight is 323 g/mol. The van der Waals surface area contributed by atoms with Crippen LogP contribution in [-0.2, 0) is 6.54 Å². The summed E-state index contributed by atoms with van der Waals surface area (Å²) in [6.45, 7) is 5.54. The summed E-state index contributed by atoms with van der Waals surface area (Å²) in [5, 5.41) is 14.3. The van der Waals surface area contributed by atoms with Crippen LogP contribution < -0.4 is 5.32 Å². The molecule has 3 aliphatic rings. The molecule has 3 aliphatic heterocycles. The highest BCUT2D eigenvalue weighted by Crippen LogP contribution is 2.47. The van der Waals surface area contributed by atoms with Crippen LogP contribution in [-0.4, -0.2) is 40.3 Å². The maximum absolute atomic E-state index is 4.28. The Kier molecular flexibility index (Phi) is 4.73. The number of hydrogen-bond donors (Lipinski definition) is 1. The Morgan fingerprint density at radius 2 is 1.79 bits per heavy atom. The highest BCUT2D eigenvalue weighted by molar-refractivity contribution is 7.11. The number of aryl methyl sites for hydroxylation is 1. The van der Waals surface area contributed by atoms with E-state index >= 15 is 0 Å². The first-order chi connectivity index (χ1) is 8.33. The quantitative estimate of drug-likeness (QED) is 0.902. The van der Waals surface area contributed by atoms with Gasteiger partial charge in [0.2, 0.25) is 0 Å². The molecule has 0 aromatic carbocycles. The fraction of sp³-hybridized carbons (Fsp3) is 0.833. The molecule has 4 rings (SSSR count). The monoisotopic (exact) mass is 322 g/mol. The SMILES string of the molecule is Cc1nnc(CN2[C@@H]3CC[C@H]2[C@H]2CNC[C@H]23)s1.Cl.Cl. The van der Waals surface area contributed by atoms with E-state index in [1.807, 2.05) is 6.92 Å². The van der Waals surface area contributed by atoms with Gasteiger partial charge in [0.15, 0.2) is 0 Å². The van der Waals surface area contributed by atoms with Crippen LogP contribution in [0.3, 0.4) is 0 Å². The van der Waals surface area contributed by atoms with Gasteiger partial charge in [0.1, 0.15) is 10.0 Å². The lowest BCUT2D eigenvalue weighted by Gasteiger charge is -2.22. The Morgan fingerprint density at radius 1 is 1.16 bits per heavy atom. The van der Waals surface area contributed by atoms with Crippen molar-refractivity contribution in [3.63, 3.8) is 0 Å². The van der Waals surface area contributed by atoms with Crippen LogP contribution in [0.4, 0.5) is 0 Å². The van der Waals surface area contributed by atoms with Crippen LogP contribution in [0, 0.1) is 18.8 Å². The van der Waals surface area contributed by atoms with Gasteiger partial charge in [-0.1, -0.05) is 0 Å². The second-order valence-electron chi connectivity index (χ2n) is 5.59. The molecule has 0 radical (unpaired) electrons. The Balaban J connectivity index is 0.000000667. The average Bonchev–Trinajstić information content (AvgIpc) is 3.02. The highest BCUT2D eigenvalue weighted by atomic mass is 35.5. The molecule has 1 N–H and O–H groups in total. The molecule has 0 unspecified atom stereocenters. The van der Waals surface area contributed by atoms with Gasteiger partial charge in [0, 0.05) is 12.1 Å². The number of nitrogens with one attached hydrogen (secondary N) is 1. The van der Waals surface area contributed by atoms with Gasteiger partial charge in [-0.15, -0.1) is 46.3 Å². The molecule has 1 aromatic rings. The van der Waals surface area contributed by atoms with Crippen molar-refractivity contribution in [2.45, 2.75) is 38.4 Å². The topological polar surface area (TPSA) is 41.1 Å². The maximum Gasteiger partial charge on any atom is 0.131 e. The molecule has 3 saturated heterocycles. The molecule has 0 spiro atoms. The second-order valence-corrected chi connectivity index (χ2v) is 6.85. The summed E-state index contributed by atoms with van der Waals surface area (Å²) in [4.78, 5) is 2.72. The van der Waals surface area contributed by atoms with Gasteiger partial charge in [-0.05, 0) is 44.7 Å². The molecule has 4 heterocycles. The van der Waals surface area contributed by atoms with E-state index in [0.717, 1.165) is 35.5 Å². The Hall–Kier alpha value is 0.0600. The summed E-state index contributed by atoms with van der Waals surface area (Å²) in [5.74, 6) is 1.81. The van der Waals surface area contributed by atoms with Crippen molar-refractivity contribution in [3.05, 3.63) is 10.0 Å². The van der Waals surface area contributed by atoms with Crippen molar-refractivity contribution in [3.8, 4) is 0 Å². The molecule has 19 heavy (non-hydrogen) atoms. The van der Waals surface area contributed by atoms with E-state index in [0.29, 0.717) is 0 Å². The van der Waals surface area contributed by atoms with Crippen molar-refractivity contribution in [1.82, 2.24) is 20.4 Å². The summed E-state index contributed by atoms with van der Waals surface area (Å²) < 4.78 is 0. The van der Waals surface area contributed by atoms with Gasteiger partial charge in [-0.25, -0.2) is 0 Å². The second kappa shape index (κ2) is 5.82. The molecule has 3 fully saturated rings. The molecular formula is C12H20Cl2N4S. The molecule has 4 nitrogen and oxygen atoms in total. The van der Waals surface area contributed by atoms with E-state index in [1.165, 1.54) is 30.9 Å². The number of aromatic nitrogens is 2. The number of fused-ring (bicyclic) bond motifs is 5. The minimum atomic E-state index is 0. The molecule has 1 aromatic heterocycles. The third-order valence-electron chi connectivity index (χ3n) is 4.79. The highest BCUT2D eigenvalue weighted by Gasteiger charge is 2.54. The normalized spacial score (nSPS) is 35.8. The number of halogens is 2. The summed E-state index contributed by atoms with van der Waals surface area (Å²) in [6.07, 6.45) is 2.79. The van der Waals surface area contributed by atoms with Crippen molar-refractivity contribution >= 4 is 36.2 Å². The minimum Gasteiger partial charge on any atom is -0.316 e. The van der Waals surface area contributed by atoms with E-state index in [4.69, 9.17) is 0 Å². The van der Waals surface area contributed by atoms with Crippen LogP contribution in [0.25, 0.3) is 0 Å². The lowest BCUT2D eigenvalue weighted by Crippen LogP contribution is -2.33. The van der Waals surface area contributed by atoms with Crippen LogP contribution in [0.1, 0.15) is 22.9 Å². The molecule has 0 amide bonds. The molecule has 108 valence electrons. The predicted octanol–water partition coefficient (Wildman–Crippen LogP) is 1.87. The minimum absolute atomic E-state index is 0. The van der Waals surface area contributed by atoms with Gasteiger partial charge in [-0.3, -0.25) is 4.90 Å². The molecule has 0 aliphatic carbocycles. The van der Waals surface area contributed by atoms with Gasteiger partial charge >= 0.3 is 0 Å². The van der Waals surface area contributed by atoms with E-state index in [1.54, 1.807) is 11.3 Å². The summed E-state index contributed by atoms with van der Waals surface area (Å²) in [6, 6.07) is 1.62. The van der Waals surface area contributed by atoms with Crippen molar-refractivity contribution in [2.75, 3.05) is 13.1 Å². The zero-order chi connectivity index (χ0) is 11.4. The molecule has 0 saturated carbocycles. The zero-order valence-corrected chi connectivity index (χ0v) is 13.4. The Morgan fingerprint density at radius 3 is 2.32 bits per heavy atom. The van der Waals surface area contributed by atoms with Crippen molar-refractivity contribution < 1.29 is 0 Å². The standard InChI is InChI=1S/C12H18N4S.2ClH/c1-7-14-15-12(17-7)6-16-10-2-3-11(16)9-5-13-4-8(9)10;;/h8-11,13H,2-6H2,1H3;2*1H/t8-,9+,10-,11+;;. The van der Waals surface area contributed by atoms with Crippen molar-refractivity contribution in [2.24, 2.45) is 11.8 Å². The summed E-state index contributed by atoms with van der Waals surface area (Å²) in [7, 11) is 0. The zero-order valence-electron chi connectivity index (χ0n) is 10.9. The summed E-state index contributed by atoms with van der Waals surface area (Å²) >= 11 is 1.75. The predicted molar refractivity (Wildman–Crippen MR) is 81.3 cm³/mol. The van der Waals surface area contributed by atoms with Crippen LogP contribution >= 0.6 is 36.2 Å². The first kappa shape index (κ1) is 15.4. The van der Waals surface area contributed by atoms with Crippen LogP contribution in [0.5, 0.6) is 0 Å². The Labute approximate surface area is 130 Å². The third-order valence-corrected chi connectivity index (χ3v) is 5.62. The smallest absolute Gasteiger partial charge is 0.131 e.